The van der Waals surface area contributed by atoms with Crippen molar-refractivity contribution < 1.29 is 38.7 Å². The van der Waals surface area contributed by atoms with E-state index in [-0.39, 0.29) is 22.6 Å². The molecule has 1 heterocycles. The third-order valence-electron chi connectivity index (χ3n) is 6.12. The summed E-state index contributed by atoms with van der Waals surface area (Å²) in [7, 11) is 2.94. The highest BCUT2D eigenvalue weighted by molar-refractivity contribution is 6.51. The SMILES string of the molecule is CCOc1ccc(N2C(=O)C(=O)/C(=C(/O)c3ccc(OC)c(OC)c3)C2c2ccc(O)cc2)cc1OCC. The summed E-state index contributed by atoms with van der Waals surface area (Å²) in [5, 5.41) is 21.2. The molecule has 0 bridgehead atoms. The minimum absolute atomic E-state index is 0.0188. The molecule has 0 radical (unpaired) electrons. The standard InChI is InChI=1S/C29H29NO8/c1-5-37-22-14-10-19(16-24(22)38-6-2)30-26(17-7-11-20(31)12-8-17)25(28(33)29(30)34)27(32)18-9-13-21(35-3)23(15-18)36-4/h7-16,26,31-32H,5-6H2,1-4H3/b27-25+. The van der Waals surface area contributed by atoms with Crippen LogP contribution >= 0.6 is 0 Å². The van der Waals surface area contributed by atoms with Crippen molar-refractivity contribution in [2.75, 3.05) is 32.3 Å². The molecule has 1 aliphatic heterocycles. The Bertz CT molecular complexity index is 1380. The lowest BCUT2D eigenvalue weighted by Gasteiger charge is -2.26. The van der Waals surface area contributed by atoms with Crippen LogP contribution in [0.1, 0.15) is 31.0 Å². The maximum Gasteiger partial charge on any atom is 0.300 e. The molecule has 1 atom stereocenters. The topological polar surface area (TPSA) is 115 Å². The zero-order valence-electron chi connectivity index (χ0n) is 21.6. The van der Waals surface area contributed by atoms with Gasteiger partial charge in [0.1, 0.15) is 11.5 Å². The number of Topliss-reactive ketones (excluding diaryl/α,β-unsaturated/α-hetero) is 1. The number of aliphatic hydroxyl groups excluding tert-OH is 1. The fraction of sp³-hybridized carbons (Fsp3) is 0.241. The van der Waals surface area contributed by atoms with Crippen LogP contribution in [-0.2, 0) is 9.59 Å². The first kappa shape index (κ1) is 26.4. The molecule has 0 aromatic heterocycles. The van der Waals surface area contributed by atoms with E-state index < -0.39 is 17.7 Å². The zero-order valence-corrected chi connectivity index (χ0v) is 21.6. The van der Waals surface area contributed by atoms with Crippen LogP contribution in [0, 0.1) is 0 Å². The molecule has 198 valence electrons. The lowest BCUT2D eigenvalue weighted by Crippen LogP contribution is -2.29. The van der Waals surface area contributed by atoms with Gasteiger partial charge in [-0.25, -0.2) is 0 Å². The van der Waals surface area contributed by atoms with Gasteiger partial charge in [0, 0.05) is 17.3 Å². The molecular weight excluding hydrogens is 490 g/mol. The second-order valence-corrected chi connectivity index (χ2v) is 8.33. The summed E-state index contributed by atoms with van der Waals surface area (Å²) >= 11 is 0. The molecule has 4 rings (SSSR count). The van der Waals surface area contributed by atoms with E-state index in [0.717, 1.165) is 0 Å². The van der Waals surface area contributed by atoms with Crippen LogP contribution in [0.2, 0.25) is 0 Å². The molecule has 1 saturated heterocycles. The van der Waals surface area contributed by atoms with E-state index in [2.05, 4.69) is 0 Å². The predicted octanol–water partition coefficient (Wildman–Crippen LogP) is 4.83. The van der Waals surface area contributed by atoms with E-state index in [0.29, 0.717) is 47.5 Å². The molecule has 0 saturated carbocycles. The molecule has 1 aliphatic rings. The first-order valence-electron chi connectivity index (χ1n) is 12.1. The average Bonchev–Trinajstić information content (AvgIpc) is 3.19. The van der Waals surface area contributed by atoms with Crippen molar-refractivity contribution in [2.45, 2.75) is 19.9 Å². The second-order valence-electron chi connectivity index (χ2n) is 8.33. The number of aliphatic hydroxyl groups is 1. The Morgan fingerprint density at radius 1 is 0.816 bits per heavy atom. The lowest BCUT2D eigenvalue weighted by atomic mass is 9.95. The van der Waals surface area contributed by atoms with Crippen molar-refractivity contribution in [3.05, 3.63) is 77.4 Å². The maximum absolute atomic E-state index is 13.5. The van der Waals surface area contributed by atoms with Gasteiger partial charge in [-0.1, -0.05) is 12.1 Å². The average molecular weight is 520 g/mol. The number of ketones is 1. The zero-order chi connectivity index (χ0) is 27.4. The number of methoxy groups -OCH3 is 2. The molecule has 1 fully saturated rings. The van der Waals surface area contributed by atoms with Gasteiger partial charge in [-0.05, 0) is 61.9 Å². The smallest absolute Gasteiger partial charge is 0.300 e. The Labute approximate surface area is 220 Å². The quantitative estimate of drug-likeness (QED) is 0.235. The number of anilines is 1. The van der Waals surface area contributed by atoms with E-state index in [1.54, 1.807) is 42.5 Å². The molecule has 3 aromatic carbocycles. The number of hydrogen-bond acceptors (Lipinski definition) is 8. The molecule has 3 aromatic rings. The number of phenols is 1. The number of amides is 1. The minimum Gasteiger partial charge on any atom is -0.508 e. The van der Waals surface area contributed by atoms with Crippen molar-refractivity contribution in [1.82, 2.24) is 0 Å². The summed E-state index contributed by atoms with van der Waals surface area (Å²) in [5.74, 6) is -0.332. The van der Waals surface area contributed by atoms with Crippen LogP contribution in [0.3, 0.4) is 0 Å². The second kappa shape index (κ2) is 11.2. The van der Waals surface area contributed by atoms with Gasteiger partial charge in [0.05, 0.1) is 39.0 Å². The summed E-state index contributed by atoms with van der Waals surface area (Å²) in [6.45, 7) is 4.46. The first-order valence-corrected chi connectivity index (χ1v) is 12.1. The van der Waals surface area contributed by atoms with Crippen LogP contribution in [-0.4, -0.2) is 49.3 Å². The van der Waals surface area contributed by atoms with Gasteiger partial charge in [0.2, 0.25) is 0 Å². The number of rotatable bonds is 9. The normalized spacial score (nSPS) is 16.4. The summed E-state index contributed by atoms with van der Waals surface area (Å²) in [6.07, 6.45) is 0. The van der Waals surface area contributed by atoms with Crippen molar-refractivity contribution in [2.24, 2.45) is 0 Å². The summed E-state index contributed by atoms with van der Waals surface area (Å²) in [6, 6.07) is 14.8. The molecule has 1 unspecified atom stereocenters. The van der Waals surface area contributed by atoms with Gasteiger partial charge in [0.15, 0.2) is 23.0 Å². The number of benzene rings is 3. The van der Waals surface area contributed by atoms with Gasteiger partial charge in [-0.15, -0.1) is 0 Å². The highest BCUT2D eigenvalue weighted by Gasteiger charge is 2.47. The third kappa shape index (κ3) is 4.82. The number of phenolic OH excluding ortho intramolecular Hbond substituents is 1. The lowest BCUT2D eigenvalue weighted by molar-refractivity contribution is -0.132. The van der Waals surface area contributed by atoms with Crippen molar-refractivity contribution in [3.63, 3.8) is 0 Å². The number of carbonyl (C=O) groups excluding carboxylic acids is 2. The molecule has 9 heteroatoms. The Morgan fingerprint density at radius 3 is 2.08 bits per heavy atom. The van der Waals surface area contributed by atoms with Gasteiger partial charge in [-0.2, -0.15) is 0 Å². The summed E-state index contributed by atoms with van der Waals surface area (Å²) < 4.78 is 22.0. The highest BCUT2D eigenvalue weighted by atomic mass is 16.5. The van der Waals surface area contributed by atoms with Crippen LogP contribution in [0.15, 0.2) is 66.2 Å². The molecule has 1 amide bonds. The number of nitrogens with zero attached hydrogens (tertiary/aromatic N) is 1. The van der Waals surface area contributed by atoms with Crippen molar-refractivity contribution in [3.8, 4) is 28.7 Å². The van der Waals surface area contributed by atoms with Gasteiger partial charge >= 0.3 is 0 Å². The van der Waals surface area contributed by atoms with Gasteiger partial charge < -0.3 is 29.2 Å². The monoisotopic (exact) mass is 519 g/mol. The van der Waals surface area contributed by atoms with E-state index in [1.807, 2.05) is 13.8 Å². The number of ether oxygens (including phenoxy) is 4. The summed E-state index contributed by atoms with van der Waals surface area (Å²) in [4.78, 5) is 28.2. The van der Waals surface area contributed by atoms with E-state index >= 15 is 0 Å². The molecular formula is C29H29NO8. The van der Waals surface area contributed by atoms with Crippen LogP contribution in [0.5, 0.6) is 28.7 Å². The van der Waals surface area contributed by atoms with Crippen molar-refractivity contribution in [1.29, 1.82) is 0 Å². The van der Waals surface area contributed by atoms with Gasteiger partial charge in [-0.3, -0.25) is 14.5 Å². The molecule has 0 spiro atoms. The van der Waals surface area contributed by atoms with Crippen LogP contribution < -0.4 is 23.8 Å². The molecule has 38 heavy (non-hydrogen) atoms. The van der Waals surface area contributed by atoms with E-state index in [9.17, 15) is 19.8 Å². The van der Waals surface area contributed by atoms with Crippen LogP contribution in [0.4, 0.5) is 5.69 Å². The molecule has 2 N–H and O–H groups in total. The summed E-state index contributed by atoms with van der Waals surface area (Å²) in [5.41, 5.74) is 1.05. The van der Waals surface area contributed by atoms with E-state index in [4.69, 9.17) is 18.9 Å². The maximum atomic E-state index is 13.5. The minimum atomic E-state index is -0.990. The van der Waals surface area contributed by atoms with Crippen molar-refractivity contribution >= 4 is 23.1 Å². The molecule has 9 nitrogen and oxygen atoms in total. The Balaban J connectivity index is 1.92. The predicted molar refractivity (Wildman–Crippen MR) is 141 cm³/mol. The highest BCUT2D eigenvalue weighted by Crippen LogP contribution is 2.45. The number of carbonyl (C=O) groups is 2. The number of aromatic hydroxyl groups is 1. The Hall–Kier alpha value is -4.66. The fourth-order valence-electron chi connectivity index (χ4n) is 4.40. The largest absolute Gasteiger partial charge is 0.508 e. The van der Waals surface area contributed by atoms with E-state index in [1.165, 1.54) is 37.3 Å². The molecule has 0 aliphatic carbocycles. The first-order chi connectivity index (χ1) is 18.3. The Kier molecular flexibility index (Phi) is 7.76. The number of hydrogen-bond donors (Lipinski definition) is 2. The Morgan fingerprint density at radius 2 is 1.45 bits per heavy atom. The van der Waals surface area contributed by atoms with Gasteiger partial charge in [0.25, 0.3) is 11.7 Å². The third-order valence-corrected chi connectivity index (χ3v) is 6.12. The fourth-order valence-corrected chi connectivity index (χ4v) is 4.40. The van der Waals surface area contributed by atoms with Crippen LogP contribution in [0.25, 0.3) is 5.76 Å².